The van der Waals surface area contributed by atoms with Gasteiger partial charge in [0.25, 0.3) is 0 Å². The van der Waals surface area contributed by atoms with Crippen molar-refractivity contribution in [1.29, 1.82) is 0 Å². The fraction of sp³-hybridized carbons (Fsp3) is 0.412. The SMILES string of the molecule is CC(C)C[C@@H]1NC(=O)[C@@H](NC(=O)[C@@H]2CCCN2C(=O)C=Cc2ccccc2)[C@H](C(C)C)Oc2ccc(cc2)C=CNC1=O. The van der Waals surface area contributed by atoms with Crippen molar-refractivity contribution in [1.82, 2.24) is 20.9 Å². The van der Waals surface area contributed by atoms with Gasteiger partial charge in [-0.2, -0.15) is 0 Å². The number of hydrogen-bond acceptors (Lipinski definition) is 5. The summed E-state index contributed by atoms with van der Waals surface area (Å²) in [5.41, 5.74) is 1.75. The van der Waals surface area contributed by atoms with Gasteiger partial charge < -0.3 is 25.6 Å². The van der Waals surface area contributed by atoms with Gasteiger partial charge in [0.1, 0.15) is 30.0 Å². The van der Waals surface area contributed by atoms with Gasteiger partial charge in [-0.3, -0.25) is 19.2 Å². The number of rotatable bonds is 7. The van der Waals surface area contributed by atoms with Crippen LogP contribution in [0.25, 0.3) is 12.2 Å². The molecule has 3 aliphatic heterocycles. The first-order valence-corrected chi connectivity index (χ1v) is 15.0. The molecule has 228 valence electrons. The summed E-state index contributed by atoms with van der Waals surface area (Å²) in [5, 5.41) is 8.57. The molecule has 9 heteroatoms. The zero-order valence-corrected chi connectivity index (χ0v) is 25.3. The normalized spacial score (nSPS) is 22.8. The van der Waals surface area contributed by atoms with E-state index in [0.717, 1.165) is 11.1 Å². The topological polar surface area (TPSA) is 117 Å². The van der Waals surface area contributed by atoms with Gasteiger partial charge in [-0.15, -0.1) is 0 Å². The Morgan fingerprint density at radius 3 is 2.42 bits per heavy atom. The number of carbonyl (C=O) groups is 4. The molecule has 0 aliphatic carbocycles. The first kappa shape index (κ1) is 31.5. The minimum absolute atomic E-state index is 0.123. The number of likely N-dealkylation sites (tertiary alicyclic amines) is 1. The van der Waals surface area contributed by atoms with Crippen LogP contribution in [0.4, 0.5) is 0 Å². The molecule has 0 radical (unpaired) electrons. The maximum Gasteiger partial charge on any atom is 0.247 e. The van der Waals surface area contributed by atoms with E-state index < -0.39 is 36.0 Å². The van der Waals surface area contributed by atoms with Gasteiger partial charge in [-0.1, -0.05) is 70.2 Å². The number of ether oxygens (including phenoxy) is 1. The summed E-state index contributed by atoms with van der Waals surface area (Å²) >= 11 is 0. The summed E-state index contributed by atoms with van der Waals surface area (Å²) in [4.78, 5) is 55.5. The molecule has 3 heterocycles. The molecule has 1 fully saturated rings. The van der Waals surface area contributed by atoms with Crippen LogP contribution in [0.5, 0.6) is 5.75 Å². The summed E-state index contributed by atoms with van der Waals surface area (Å²) < 4.78 is 6.33. The number of amides is 4. The van der Waals surface area contributed by atoms with Crippen molar-refractivity contribution in [3.8, 4) is 5.75 Å². The van der Waals surface area contributed by atoms with Crippen molar-refractivity contribution >= 4 is 35.8 Å². The first-order chi connectivity index (χ1) is 20.6. The third kappa shape index (κ3) is 8.56. The fourth-order valence-corrected chi connectivity index (χ4v) is 5.37. The highest BCUT2D eigenvalue weighted by molar-refractivity contribution is 5.98. The second kappa shape index (κ2) is 14.7. The van der Waals surface area contributed by atoms with Gasteiger partial charge in [0, 0.05) is 18.8 Å². The Balaban J connectivity index is 1.61. The van der Waals surface area contributed by atoms with Crippen molar-refractivity contribution in [3.05, 3.63) is 78.0 Å². The van der Waals surface area contributed by atoms with Crippen LogP contribution in [0.2, 0.25) is 0 Å². The molecule has 2 bridgehead atoms. The van der Waals surface area contributed by atoms with E-state index in [-0.39, 0.29) is 23.7 Å². The summed E-state index contributed by atoms with van der Waals surface area (Å²) in [6, 6.07) is 14.1. The van der Waals surface area contributed by atoms with Crippen LogP contribution in [0.15, 0.2) is 66.9 Å². The minimum atomic E-state index is -1.12. The summed E-state index contributed by atoms with van der Waals surface area (Å²) in [6.45, 7) is 8.20. The van der Waals surface area contributed by atoms with Crippen LogP contribution in [0.1, 0.15) is 58.1 Å². The van der Waals surface area contributed by atoms with E-state index in [1.54, 1.807) is 35.4 Å². The number of benzene rings is 2. The van der Waals surface area contributed by atoms with E-state index in [9.17, 15) is 19.2 Å². The van der Waals surface area contributed by atoms with Gasteiger partial charge in [0.05, 0.1) is 0 Å². The monoisotopic (exact) mass is 586 g/mol. The van der Waals surface area contributed by atoms with E-state index in [1.165, 1.54) is 6.08 Å². The smallest absolute Gasteiger partial charge is 0.247 e. The molecule has 0 unspecified atom stereocenters. The highest BCUT2D eigenvalue weighted by Gasteiger charge is 2.40. The van der Waals surface area contributed by atoms with Gasteiger partial charge in [0.15, 0.2) is 0 Å². The van der Waals surface area contributed by atoms with Crippen LogP contribution < -0.4 is 20.7 Å². The Bertz CT molecular complexity index is 1340. The van der Waals surface area contributed by atoms with Gasteiger partial charge >= 0.3 is 0 Å². The number of fused-ring (bicyclic) bond motifs is 10. The maximum atomic E-state index is 13.9. The third-order valence-electron chi connectivity index (χ3n) is 7.62. The zero-order valence-electron chi connectivity index (χ0n) is 25.3. The van der Waals surface area contributed by atoms with Crippen LogP contribution in [0, 0.1) is 11.8 Å². The molecule has 43 heavy (non-hydrogen) atoms. The number of nitrogens with zero attached hydrogens (tertiary/aromatic N) is 1. The lowest BCUT2D eigenvalue weighted by Crippen LogP contribution is -2.61. The van der Waals surface area contributed by atoms with Gasteiger partial charge in [0.2, 0.25) is 23.6 Å². The molecule has 9 nitrogen and oxygen atoms in total. The Kier molecular flexibility index (Phi) is 10.8. The molecular formula is C34H42N4O5. The van der Waals surface area contributed by atoms with E-state index >= 15 is 0 Å². The molecule has 1 saturated heterocycles. The second-order valence-corrected chi connectivity index (χ2v) is 11.8. The van der Waals surface area contributed by atoms with Crippen LogP contribution in [-0.4, -0.2) is 59.3 Å². The molecule has 3 aliphatic rings. The lowest BCUT2D eigenvalue weighted by atomic mass is 9.96. The predicted octanol–water partition coefficient (Wildman–Crippen LogP) is 3.91. The molecule has 5 rings (SSSR count). The summed E-state index contributed by atoms with van der Waals surface area (Å²) in [5.74, 6) is -1.09. The van der Waals surface area contributed by atoms with Crippen molar-refractivity contribution in [2.45, 2.75) is 71.2 Å². The van der Waals surface area contributed by atoms with Crippen molar-refractivity contribution in [2.24, 2.45) is 11.8 Å². The lowest BCUT2D eigenvalue weighted by molar-refractivity contribution is -0.139. The summed E-state index contributed by atoms with van der Waals surface area (Å²) in [6.07, 6.45) is 7.33. The fourth-order valence-electron chi connectivity index (χ4n) is 5.37. The standard InChI is InChI=1S/C34H42N4O5/c1-22(2)21-27-32(40)35-19-18-25-12-15-26(16-13-25)43-31(23(3)4)30(34(42)36-27)37-33(41)28-11-8-20-38(28)29(39)17-14-24-9-6-5-7-10-24/h5-7,9-10,12-19,22-23,27-28,30-31H,8,11,20-21H2,1-4H3,(H,35,40)(H,36,42)(H,37,41)/t27-,28-,30-,31-/m0/s1. The van der Waals surface area contributed by atoms with E-state index in [1.807, 2.05) is 70.2 Å². The zero-order chi connectivity index (χ0) is 30.9. The molecule has 0 saturated carbocycles. The molecule has 0 aromatic heterocycles. The van der Waals surface area contributed by atoms with Crippen LogP contribution in [-0.2, 0) is 19.2 Å². The molecule has 2 aromatic rings. The molecule has 3 N–H and O–H groups in total. The molecule has 4 atom stereocenters. The van der Waals surface area contributed by atoms with Crippen LogP contribution >= 0.6 is 0 Å². The Hall–Kier alpha value is -4.40. The first-order valence-electron chi connectivity index (χ1n) is 15.0. The number of carbonyl (C=O) groups excluding carboxylic acids is 4. The lowest BCUT2D eigenvalue weighted by Gasteiger charge is -2.33. The van der Waals surface area contributed by atoms with Crippen molar-refractivity contribution in [2.75, 3.05) is 6.54 Å². The van der Waals surface area contributed by atoms with E-state index in [0.29, 0.717) is 31.6 Å². The summed E-state index contributed by atoms with van der Waals surface area (Å²) in [7, 11) is 0. The minimum Gasteiger partial charge on any atom is -0.487 e. The van der Waals surface area contributed by atoms with Crippen LogP contribution in [0.3, 0.4) is 0 Å². The van der Waals surface area contributed by atoms with E-state index in [2.05, 4.69) is 16.0 Å². The molecular weight excluding hydrogens is 544 g/mol. The Labute approximate surface area is 253 Å². The highest BCUT2D eigenvalue weighted by atomic mass is 16.5. The maximum absolute atomic E-state index is 13.9. The van der Waals surface area contributed by atoms with Crippen molar-refractivity contribution in [3.63, 3.8) is 0 Å². The largest absolute Gasteiger partial charge is 0.487 e. The van der Waals surface area contributed by atoms with Crippen molar-refractivity contribution < 1.29 is 23.9 Å². The number of hydrogen-bond donors (Lipinski definition) is 3. The predicted molar refractivity (Wildman–Crippen MR) is 166 cm³/mol. The Morgan fingerprint density at radius 1 is 1.02 bits per heavy atom. The van der Waals surface area contributed by atoms with Gasteiger partial charge in [-0.05, 0) is 66.5 Å². The molecule has 0 spiro atoms. The highest BCUT2D eigenvalue weighted by Crippen LogP contribution is 2.23. The second-order valence-electron chi connectivity index (χ2n) is 11.8. The average molecular weight is 587 g/mol. The number of nitrogens with one attached hydrogen (secondary N) is 3. The Morgan fingerprint density at radius 2 is 1.74 bits per heavy atom. The van der Waals surface area contributed by atoms with E-state index in [4.69, 9.17) is 4.74 Å². The van der Waals surface area contributed by atoms with Gasteiger partial charge in [-0.25, -0.2) is 0 Å². The quantitative estimate of drug-likeness (QED) is 0.426. The average Bonchev–Trinajstić information content (AvgIpc) is 3.48. The molecule has 4 amide bonds. The molecule has 2 aromatic carbocycles. The third-order valence-corrected chi connectivity index (χ3v) is 7.62.